The van der Waals surface area contributed by atoms with E-state index in [1.54, 1.807) is 0 Å². The zero-order chi connectivity index (χ0) is 0. The molecule has 0 aliphatic heterocycles. The minimum Gasteiger partial charge on any atom is 0 e. The van der Waals surface area contributed by atoms with E-state index in [0.29, 0.717) is 0 Å². The SMILES string of the molecule is [Ce].[InH3].[SeH2].[Ti]. The molecule has 0 amide bonds. The van der Waals surface area contributed by atoms with Crippen LogP contribution in [0.15, 0.2) is 0 Å². The molecule has 0 bridgehead atoms. The molecule has 0 aliphatic rings. The van der Waals surface area contributed by atoms with E-state index in [4.69, 9.17) is 0 Å². The van der Waals surface area contributed by atoms with E-state index < -0.39 is 0 Å². The summed E-state index contributed by atoms with van der Waals surface area (Å²) in [6, 6.07) is 0. The molecule has 0 nitrogen and oxygen atoms in total. The van der Waals surface area contributed by atoms with Crippen molar-refractivity contribution < 1.29 is 63.5 Å². The maximum Gasteiger partial charge on any atom is 0 e. The van der Waals surface area contributed by atoms with Gasteiger partial charge in [0.2, 0.25) is 0 Å². The van der Waals surface area contributed by atoms with E-state index in [1.165, 1.54) is 0 Å². The largest absolute Gasteiger partial charge is 0 e. The van der Waals surface area contributed by atoms with Crippen molar-refractivity contribution in [3.05, 3.63) is 0 Å². The Bertz CT molecular complexity index is 8.00. The summed E-state index contributed by atoms with van der Waals surface area (Å²) in [5.74, 6) is 0. The van der Waals surface area contributed by atoms with E-state index in [-0.39, 0.29) is 106 Å². The van der Waals surface area contributed by atoms with Crippen LogP contribution in [0.4, 0.5) is 0 Å². The second-order valence-electron chi connectivity index (χ2n) is 0. The third kappa shape index (κ3) is 9.08. The van der Waals surface area contributed by atoms with Gasteiger partial charge in [0.15, 0.2) is 0 Å². The summed E-state index contributed by atoms with van der Waals surface area (Å²) in [5.41, 5.74) is 0. The Morgan fingerprint density at radius 3 is 1.00 bits per heavy atom. The van der Waals surface area contributed by atoms with Crippen molar-refractivity contribution in [2.24, 2.45) is 0 Å². The average Bonchev–Trinajstić information content (AvgIpc) is 0. The van der Waals surface area contributed by atoms with Crippen molar-refractivity contribution in [3.8, 4) is 0 Å². The maximum atomic E-state index is 0. The average molecular weight is 387 g/mol. The first-order chi connectivity index (χ1) is 0. The van der Waals surface area contributed by atoms with Gasteiger partial charge in [0.25, 0.3) is 0 Å². The van der Waals surface area contributed by atoms with E-state index in [9.17, 15) is 0 Å². The predicted octanol–water partition coefficient (Wildman–Crippen LogP) is -2.10. The van der Waals surface area contributed by atoms with Crippen molar-refractivity contribution in [1.29, 1.82) is 0 Å². The third-order valence-corrected chi connectivity index (χ3v) is 0. The first kappa shape index (κ1) is 25.9. The van der Waals surface area contributed by atoms with E-state index in [2.05, 4.69) is 0 Å². The van der Waals surface area contributed by atoms with Gasteiger partial charge in [0.05, 0.1) is 0 Å². The van der Waals surface area contributed by atoms with Crippen LogP contribution in [0.25, 0.3) is 0 Å². The summed E-state index contributed by atoms with van der Waals surface area (Å²) in [6.07, 6.45) is 0. The van der Waals surface area contributed by atoms with Crippen LogP contribution in [0, 0.1) is 41.7 Å². The second-order valence-corrected chi connectivity index (χ2v) is 0. The van der Waals surface area contributed by atoms with Gasteiger partial charge in [0, 0.05) is 63.5 Å². The molecule has 0 heterocycles. The fourth-order valence-corrected chi connectivity index (χ4v) is 0. The number of hydrogen-bond donors (Lipinski definition) is 0. The van der Waals surface area contributed by atoms with Crippen molar-refractivity contribution in [2.45, 2.75) is 0 Å². The maximum absolute atomic E-state index is 0. The number of rotatable bonds is 0. The second kappa shape index (κ2) is 16.1. The molecule has 4 heavy (non-hydrogen) atoms. The molecule has 0 atom stereocenters. The summed E-state index contributed by atoms with van der Waals surface area (Å²) in [7, 11) is 0. The molecule has 0 radical (unpaired) electrons. The van der Waals surface area contributed by atoms with Crippen LogP contribution in [0.1, 0.15) is 0 Å². The molecule has 0 unspecified atom stereocenters. The Morgan fingerprint density at radius 1 is 1.00 bits per heavy atom. The summed E-state index contributed by atoms with van der Waals surface area (Å²) in [6.45, 7) is 0. The van der Waals surface area contributed by atoms with Crippen LogP contribution < -0.4 is 0 Å². The van der Waals surface area contributed by atoms with E-state index >= 15 is 0 Å². The molecule has 0 aromatic carbocycles. The fraction of sp³-hybridized carbons (Fsp3) is 0. The summed E-state index contributed by atoms with van der Waals surface area (Å²) in [5, 5.41) is 0. The first-order valence-electron chi connectivity index (χ1n) is 0. The van der Waals surface area contributed by atoms with Crippen LogP contribution >= 0.6 is 0 Å². The molecular weight excluding hydrogens is 382 g/mol. The standard InChI is InChI=1S/Ce.In.H2Se.Ti.3H/h;;1H2;;;;. The Hall–Kier alpha value is 3.48. The molecule has 22 valence electrons. The minimum atomic E-state index is 0. The molecule has 0 saturated carbocycles. The molecule has 0 spiro atoms. The minimum absolute atomic E-state index is 0. The van der Waals surface area contributed by atoms with Crippen molar-refractivity contribution in [1.82, 2.24) is 0 Å². The molecule has 0 N–H and O–H groups in total. The van der Waals surface area contributed by atoms with Gasteiger partial charge in [-0.05, 0) is 0 Å². The van der Waals surface area contributed by atoms with Crippen molar-refractivity contribution in [3.63, 3.8) is 0 Å². The molecule has 0 saturated heterocycles. The summed E-state index contributed by atoms with van der Waals surface area (Å²) >= 11 is 0. The Kier molecular flexibility index (Phi) is 104. The zero-order valence-electron chi connectivity index (χ0n) is 1.50. The molecule has 0 aromatic heterocycles. The molecular formula is H5CeInSeTi. The Morgan fingerprint density at radius 2 is 1.00 bits per heavy atom. The van der Waals surface area contributed by atoms with E-state index in [0.717, 1.165) is 0 Å². The topological polar surface area (TPSA) is 0 Å². The van der Waals surface area contributed by atoms with Crippen LogP contribution in [0.2, 0.25) is 0 Å². The monoisotopic (exact) mass is 388 g/mol. The van der Waals surface area contributed by atoms with Crippen LogP contribution in [0.5, 0.6) is 0 Å². The fourth-order valence-electron chi connectivity index (χ4n) is 0. The van der Waals surface area contributed by atoms with Gasteiger partial charge < -0.3 is 0 Å². The van der Waals surface area contributed by atoms with Crippen LogP contribution in [0.3, 0.4) is 0 Å². The first-order valence-corrected chi connectivity index (χ1v) is 0. The van der Waals surface area contributed by atoms with Crippen molar-refractivity contribution >= 4 is 42.9 Å². The Labute approximate surface area is 104 Å². The van der Waals surface area contributed by atoms with Gasteiger partial charge >= 0.3 is 42.9 Å². The van der Waals surface area contributed by atoms with Gasteiger partial charge in [-0.3, -0.25) is 0 Å². The van der Waals surface area contributed by atoms with Crippen LogP contribution in [-0.2, 0) is 21.7 Å². The predicted molar refractivity (Wildman–Crippen MR) is 18.5 cm³/mol. The van der Waals surface area contributed by atoms with Crippen molar-refractivity contribution in [2.75, 3.05) is 0 Å². The van der Waals surface area contributed by atoms with Gasteiger partial charge in [0.1, 0.15) is 0 Å². The smallest absolute Gasteiger partial charge is 0 e. The number of hydrogen-bond acceptors (Lipinski definition) is 0. The zero-order valence-corrected chi connectivity index (χ0v) is 8.30. The molecule has 0 aromatic rings. The van der Waals surface area contributed by atoms with Gasteiger partial charge in [-0.1, -0.05) is 0 Å². The molecule has 0 rings (SSSR count). The molecule has 0 fully saturated rings. The third-order valence-electron chi connectivity index (χ3n) is 0. The normalized spacial score (nSPS) is 0. The van der Waals surface area contributed by atoms with Gasteiger partial charge in [-0.2, -0.15) is 0 Å². The Balaban J connectivity index is 0. The molecule has 0 aliphatic carbocycles. The van der Waals surface area contributed by atoms with Crippen LogP contribution in [-0.4, -0.2) is 42.9 Å². The summed E-state index contributed by atoms with van der Waals surface area (Å²) in [4.78, 5) is 0. The quantitative estimate of drug-likeness (QED) is 0.418. The van der Waals surface area contributed by atoms with E-state index in [1.807, 2.05) is 0 Å². The van der Waals surface area contributed by atoms with Gasteiger partial charge in [-0.15, -0.1) is 0 Å². The van der Waals surface area contributed by atoms with Gasteiger partial charge in [-0.25, -0.2) is 0 Å². The summed E-state index contributed by atoms with van der Waals surface area (Å²) < 4.78 is 0. The molecule has 4 heteroatoms.